The average molecular weight is 743 g/mol. The van der Waals surface area contributed by atoms with Crippen LogP contribution in [0.25, 0.3) is 0 Å². The van der Waals surface area contributed by atoms with E-state index in [2.05, 4.69) is 52.0 Å². The summed E-state index contributed by atoms with van der Waals surface area (Å²) in [7, 11) is 0. The van der Waals surface area contributed by atoms with Crippen molar-refractivity contribution in [2.24, 2.45) is 52.5 Å². The molecule has 10 fully saturated rings. The average Bonchev–Trinajstić information content (AvgIpc) is 3.48. The van der Waals surface area contributed by atoms with E-state index in [1.807, 2.05) is 0 Å². The van der Waals surface area contributed by atoms with Crippen LogP contribution >= 0.6 is 0 Å². The molecule has 4 aliphatic carbocycles. The number of halogens is 2. The summed E-state index contributed by atoms with van der Waals surface area (Å²) >= 11 is 0. The Kier molecular flexibility index (Phi) is 8.87. The van der Waals surface area contributed by atoms with Gasteiger partial charge in [0.2, 0.25) is 0 Å². The number of hydrogen-bond acceptors (Lipinski definition) is 9. The van der Waals surface area contributed by atoms with Crippen LogP contribution in [0.1, 0.15) is 112 Å². The molecule has 0 radical (unpaired) electrons. The zero-order valence-corrected chi connectivity index (χ0v) is 31.9. The van der Waals surface area contributed by atoms with Crippen molar-refractivity contribution in [1.82, 2.24) is 0 Å². The number of nitrogens with one attached hydrogen (secondary N) is 1. The molecule has 53 heavy (non-hydrogen) atoms. The van der Waals surface area contributed by atoms with E-state index in [0.717, 1.165) is 76.0 Å². The van der Waals surface area contributed by atoms with Gasteiger partial charge in [-0.2, -0.15) is 0 Å². The summed E-state index contributed by atoms with van der Waals surface area (Å²) < 4.78 is 42.4. The molecule has 10 nitrogen and oxygen atoms in total. The van der Waals surface area contributed by atoms with Crippen molar-refractivity contribution >= 4 is 17.5 Å². The van der Waals surface area contributed by atoms with Gasteiger partial charge in [-0.3, -0.25) is 10.2 Å². The topological polar surface area (TPSA) is 106 Å². The number of anilines is 1. The van der Waals surface area contributed by atoms with Gasteiger partial charge in [-0.1, -0.05) is 32.9 Å². The Balaban J connectivity index is 1.05. The first kappa shape index (κ1) is 36.4. The molecular formula is C41H56F2N2O8. The molecule has 1 aromatic carbocycles. The van der Waals surface area contributed by atoms with Crippen LogP contribution in [0.4, 0.5) is 19.3 Å². The summed E-state index contributed by atoms with van der Waals surface area (Å²) in [5.41, 5.74) is -1.42. The monoisotopic (exact) mass is 742 g/mol. The Bertz CT molecular complexity index is 1630. The number of carbonyl (C=O) groups is 1. The lowest BCUT2D eigenvalue weighted by atomic mass is 9.55. The third-order valence-corrected chi connectivity index (χ3v) is 15.6. The van der Waals surface area contributed by atoms with E-state index in [0.29, 0.717) is 42.2 Å². The van der Waals surface area contributed by atoms with Gasteiger partial charge in [0.05, 0.1) is 24.0 Å². The number of carbonyl (C=O) groups excluding carboxylic acids is 1. The van der Waals surface area contributed by atoms with Crippen molar-refractivity contribution in [3.05, 3.63) is 29.8 Å². The molecule has 10 aliphatic rings. The molecule has 11 rings (SSSR count). The third kappa shape index (κ3) is 5.73. The molecule has 0 unspecified atom stereocenters. The van der Waals surface area contributed by atoms with E-state index in [1.54, 1.807) is 0 Å². The lowest BCUT2D eigenvalue weighted by molar-refractivity contribution is -0.487. The van der Waals surface area contributed by atoms with Crippen LogP contribution in [0.5, 0.6) is 0 Å². The van der Waals surface area contributed by atoms with Gasteiger partial charge < -0.3 is 9.47 Å². The molecule has 1 amide bonds. The Morgan fingerprint density at radius 2 is 1.30 bits per heavy atom. The molecule has 2 spiro atoms. The molecule has 1 N–H and O–H groups in total. The molecule has 1 aromatic rings. The predicted molar refractivity (Wildman–Crippen MR) is 189 cm³/mol. The SMILES string of the molecule is C[C@H]1[C@@H](/C(C[C@H]2O[C@@H]3C[C@]4(C)CC[C@H]5[C@H](C)CC[C@@H]([C@H]2C)[C@@]35OO4)=N\OC(=O)Nc2cc(F)cc(F)c2)O[C@@H]2C[C@]3(C)CC[C@H]4[C@H](C)CC[C@@H]1[C@@]24OO3. The lowest BCUT2D eigenvalue weighted by Gasteiger charge is -2.62. The molecule has 6 heterocycles. The fraction of sp³-hybridized carbons (Fsp3) is 0.805. The van der Waals surface area contributed by atoms with E-state index in [-0.39, 0.29) is 47.7 Å². The minimum Gasteiger partial charge on any atom is -0.371 e. The third-order valence-electron chi connectivity index (χ3n) is 15.6. The highest BCUT2D eigenvalue weighted by molar-refractivity contribution is 5.91. The van der Waals surface area contributed by atoms with Gasteiger partial charge in [-0.25, -0.2) is 33.1 Å². The molecule has 0 aromatic heterocycles. The van der Waals surface area contributed by atoms with Gasteiger partial charge in [0.25, 0.3) is 0 Å². The summed E-state index contributed by atoms with van der Waals surface area (Å²) in [6.07, 6.45) is 7.91. The number of oxime groups is 1. The number of ether oxygens (including phenoxy) is 2. The smallest absolute Gasteiger partial charge is 0.371 e. The highest BCUT2D eigenvalue weighted by atomic mass is 19.1. The minimum absolute atomic E-state index is 0.0373. The molecule has 16 atom stereocenters. The van der Waals surface area contributed by atoms with Crippen molar-refractivity contribution in [1.29, 1.82) is 0 Å². The second kappa shape index (κ2) is 12.9. The summed E-state index contributed by atoms with van der Waals surface area (Å²) in [6, 6.07) is 2.81. The summed E-state index contributed by atoms with van der Waals surface area (Å²) in [5, 5.41) is 7.02. The molecule has 6 saturated heterocycles. The van der Waals surface area contributed by atoms with Crippen LogP contribution in [0.3, 0.4) is 0 Å². The maximum Gasteiger partial charge on any atom is 0.437 e. The van der Waals surface area contributed by atoms with Crippen LogP contribution in [-0.2, 0) is 33.9 Å². The Morgan fingerprint density at radius 3 is 1.89 bits per heavy atom. The Morgan fingerprint density at radius 1 is 0.755 bits per heavy atom. The second-order valence-electron chi connectivity index (χ2n) is 18.8. The quantitative estimate of drug-likeness (QED) is 0.138. The van der Waals surface area contributed by atoms with Crippen LogP contribution in [0, 0.1) is 59.0 Å². The van der Waals surface area contributed by atoms with Crippen molar-refractivity contribution in [3.63, 3.8) is 0 Å². The van der Waals surface area contributed by atoms with Gasteiger partial charge in [-0.15, -0.1) is 0 Å². The van der Waals surface area contributed by atoms with E-state index >= 15 is 0 Å². The standard InChI is InChI=1S/C41H56F2N2O8/c1-21-7-9-30-23(3)33(47-34-19-38(5)13-11-28(21)40(30,34)52-50-38)18-32(45-49-37(46)44-27-16-25(42)15-26(43)17-27)36-24(4)31-10-8-22(2)29-12-14-39(6)20-35(48-36)41(29,31)53-51-39/h15-17,21-24,28-31,33-36H,7-14,18-20H2,1-6H3,(H,44,46)/b45-32-/t21-,22-,23-,24-,28+,29+,30+,31+,33-,34-,35-,36+,38+,39+,40-,41-/m1/s1. The molecule has 4 bridgehead atoms. The minimum atomic E-state index is -0.947. The van der Waals surface area contributed by atoms with Crippen molar-refractivity contribution < 1.29 is 47.4 Å². The first-order valence-corrected chi connectivity index (χ1v) is 20.3. The fourth-order valence-corrected chi connectivity index (χ4v) is 12.9. The Hall–Kier alpha value is -2.22. The maximum atomic E-state index is 14.0. The van der Waals surface area contributed by atoms with Crippen LogP contribution in [0.2, 0.25) is 0 Å². The second-order valence-corrected chi connectivity index (χ2v) is 18.8. The summed E-state index contributed by atoms with van der Waals surface area (Å²) in [6.45, 7) is 13.4. The maximum absolute atomic E-state index is 14.0. The van der Waals surface area contributed by atoms with Crippen LogP contribution < -0.4 is 5.32 Å². The number of nitrogens with zero attached hydrogens (tertiary/aromatic N) is 1. The van der Waals surface area contributed by atoms with Gasteiger partial charge in [0.1, 0.15) is 40.1 Å². The first-order chi connectivity index (χ1) is 25.2. The van der Waals surface area contributed by atoms with E-state index in [4.69, 9.17) is 33.9 Å². The number of rotatable bonds is 5. The van der Waals surface area contributed by atoms with Gasteiger partial charge in [0.15, 0.2) is 0 Å². The van der Waals surface area contributed by atoms with Crippen molar-refractivity contribution in [3.8, 4) is 0 Å². The predicted octanol–water partition coefficient (Wildman–Crippen LogP) is 8.68. The van der Waals surface area contributed by atoms with Gasteiger partial charge in [-0.05, 0) is 125 Å². The molecular weight excluding hydrogens is 686 g/mol. The molecule has 4 saturated carbocycles. The number of amides is 1. The summed E-state index contributed by atoms with van der Waals surface area (Å²) in [4.78, 5) is 44.3. The zero-order valence-electron chi connectivity index (χ0n) is 31.9. The largest absolute Gasteiger partial charge is 0.437 e. The number of hydrogen-bond donors (Lipinski definition) is 1. The van der Waals surface area contributed by atoms with E-state index in [1.165, 1.54) is 0 Å². The van der Waals surface area contributed by atoms with Crippen molar-refractivity contribution in [2.75, 3.05) is 5.32 Å². The number of benzene rings is 1. The van der Waals surface area contributed by atoms with Gasteiger partial charge in [0, 0.05) is 31.0 Å². The van der Waals surface area contributed by atoms with Crippen molar-refractivity contribution in [2.45, 2.75) is 159 Å². The fourth-order valence-electron chi connectivity index (χ4n) is 12.9. The first-order valence-electron chi connectivity index (χ1n) is 20.3. The molecule has 12 heteroatoms. The van der Waals surface area contributed by atoms with E-state index in [9.17, 15) is 13.6 Å². The molecule has 6 aliphatic heterocycles. The molecule has 292 valence electrons. The zero-order chi connectivity index (χ0) is 37.1. The highest BCUT2D eigenvalue weighted by Gasteiger charge is 2.70. The van der Waals surface area contributed by atoms with E-state index < -0.39 is 46.2 Å². The lowest BCUT2D eigenvalue weighted by Crippen LogP contribution is -2.71. The summed E-state index contributed by atoms with van der Waals surface area (Å²) in [5.74, 6) is 0.444. The van der Waals surface area contributed by atoms with Crippen LogP contribution in [-0.4, -0.2) is 58.6 Å². The Labute approximate surface area is 311 Å². The highest BCUT2D eigenvalue weighted by Crippen LogP contribution is 2.63. The van der Waals surface area contributed by atoms with Gasteiger partial charge >= 0.3 is 6.09 Å². The number of fused-ring (bicyclic) bond motifs is 4. The van der Waals surface area contributed by atoms with Crippen LogP contribution in [0.15, 0.2) is 23.4 Å². The normalized spacial score (nSPS) is 50.0.